The summed E-state index contributed by atoms with van der Waals surface area (Å²) in [5.74, 6) is 0. The summed E-state index contributed by atoms with van der Waals surface area (Å²) in [5, 5.41) is 10.5. The topological polar surface area (TPSA) is 115 Å². The zero-order valence-electron chi connectivity index (χ0n) is 8.71. The second kappa shape index (κ2) is 5.27. The lowest BCUT2D eigenvalue weighted by Gasteiger charge is -2.09. The predicted molar refractivity (Wildman–Crippen MR) is 64.8 cm³/mol. The van der Waals surface area contributed by atoms with Crippen LogP contribution in [-0.2, 0) is 10.0 Å². The van der Waals surface area contributed by atoms with E-state index in [9.17, 15) is 18.5 Å². The molecule has 96 valence electrons. The van der Waals surface area contributed by atoms with Crippen molar-refractivity contribution in [3.05, 3.63) is 20.5 Å². The van der Waals surface area contributed by atoms with Crippen molar-refractivity contribution < 1.29 is 13.3 Å². The number of sulfonamides is 1. The Kier molecular flexibility index (Phi) is 4.44. The normalized spacial score (nSPS) is 13.6. The van der Waals surface area contributed by atoms with Crippen LogP contribution >= 0.6 is 22.9 Å². The summed E-state index contributed by atoms with van der Waals surface area (Å²) in [4.78, 5) is 9.80. The van der Waals surface area contributed by atoms with E-state index in [1.807, 2.05) is 0 Å². The van der Waals surface area contributed by atoms with Crippen molar-refractivity contribution in [2.45, 2.75) is 17.2 Å². The first kappa shape index (κ1) is 14.3. The fourth-order valence-electron chi connectivity index (χ4n) is 0.966. The van der Waals surface area contributed by atoms with Crippen LogP contribution in [0.15, 0.2) is 10.3 Å². The van der Waals surface area contributed by atoms with Gasteiger partial charge in [-0.15, -0.1) is 11.3 Å². The van der Waals surface area contributed by atoms with E-state index < -0.39 is 26.7 Å². The van der Waals surface area contributed by atoms with Gasteiger partial charge in [0.25, 0.3) is 15.7 Å². The Labute approximate surface area is 107 Å². The van der Waals surface area contributed by atoms with Crippen LogP contribution in [0.25, 0.3) is 0 Å². The fourth-order valence-corrected chi connectivity index (χ4v) is 3.90. The number of halogens is 1. The Morgan fingerprint density at radius 1 is 1.71 bits per heavy atom. The highest BCUT2D eigenvalue weighted by atomic mass is 35.5. The highest BCUT2D eigenvalue weighted by molar-refractivity contribution is 7.91. The van der Waals surface area contributed by atoms with Crippen LogP contribution in [0.4, 0.5) is 5.69 Å². The highest BCUT2D eigenvalue weighted by Crippen LogP contribution is 2.36. The van der Waals surface area contributed by atoms with Gasteiger partial charge in [0.05, 0.1) is 4.92 Å². The lowest BCUT2D eigenvalue weighted by atomic mass is 10.4. The molecular weight excluding hydrogens is 290 g/mol. The minimum atomic E-state index is -3.81. The molecular formula is C7H10ClN3O4S2. The Balaban J connectivity index is 3.08. The molecule has 0 unspecified atom stereocenters. The minimum absolute atomic E-state index is 0.125. The number of thiophene rings is 1. The second-order valence-electron chi connectivity index (χ2n) is 3.24. The molecule has 0 aliphatic rings. The van der Waals surface area contributed by atoms with E-state index in [-0.39, 0.29) is 15.1 Å². The van der Waals surface area contributed by atoms with E-state index in [1.54, 1.807) is 6.92 Å². The predicted octanol–water partition coefficient (Wildman–Crippen LogP) is 0.935. The third kappa shape index (κ3) is 3.36. The first-order valence-electron chi connectivity index (χ1n) is 4.44. The smallest absolute Gasteiger partial charge is 0.300 e. The largest absolute Gasteiger partial charge is 0.329 e. The van der Waals surface area contributed by atoms with E-state index in [1.165, 1.54) is 0 Å². The van der Waals surface area contributed by atoms with Crippen molar-refractivity contribution in [1.29, 1.82) is 0 Å². The van der Waals surface area contributed by atoms with Crippen LogP contribution in [-0.4, -0.2) is 25.9 Å². The summed E-state index contributed by atoms with van der Waals surface area (Å²) < 4.78 is 25.4. The molecule has 0 amide bonds. The van der Waals surface area contributed by atoms with Gasteiger partial charge in [-0.3, -0.25) is 10.1 Å². The average molecular weight is 300 g/mol. The van der Waals surface area contributed by atoms with E-state index in [4.69, 9.17) is 17.3 Å². The number of nitrogens with one attached hydrogen (secondary N) is 1. The molecule has 0 bridgehead atoms. The molecule has 1 rings (SSSR count). The Bertz CT molecular complexity index is 527. The first-order chi connectivity index (χ1) is 7.77. The standard InChI is InChI=1S/C7H10ClN3O4S2/c1-4(3-9)10-17(14,15)6-2-5(11(12)13)7(8)16-6/h2,4,10H,3,9H2,1H3/t4-/m1/s1. The maximum absolute atomic E-state index is 11.8. The van der Waals surface area contributed by atoms with E-state index in [0.29, 0.717) is 11.3 Å². The van der Waals surface area contributed by atoms with Crippen molar-refractivity contribution in [1.82, 2.24) is 4.72 Å². The summed E-state index contributed by atoms with van der Waals surface area (Å²) >= 11 is 6.21. The van der Waals surface area contributed by atoms with Gasteiger partial charge in [0.2, 0.25) is 0 Å². The highest BCUT2D eigenvalue weighted by Gasteiger charge is 2.25. The summed E-state index contributed by atoms with van der Waals surface area (Å²) in [6, 6.07) is 0.471. The number of nitro groups is 1. The van der Waals surface area contributed by atoms with Gasteiger partial charge < -0.3 is 5.73 Å². The van der Waals surface area contributed by atoms with Gasteiger partial charge in [0.15, 0.2) is 4.34 Å². The maximum atomic E-state index is 11.8. The van der Waals surface area contributed by atoms with Crippen LogP contribution in [0.3, 0.4) is 0 Å². The SMILES string of the molecule is C[C@H](CN)NS(=O)(=O)c1cc([N+](=O)[O-])c(Cl)s1. The van der Waals surface area contributed by atoms with Crippen LogP contribution in [0, 0.1) is 10.1 Å². The number of hydrogen-bond acceptors (Lipinski definition) is 6. The molecule has 1 atom stereocenters. The third-order valence-corrected chi connectivity index (χ3v) is 5.22. The Morgan fingerprint density at radius 2 is 2.29 bits per heavy atom. The summed E-state index contributed by atoms with van der Waals surface area (Å²) in [5.41, 5.74) is 4.86. The summed E-state index contributed by atoms with van der Waals surface area (Å²) in [6.45, 7) is 1.71. The van der Waals surface area contributed by atoms with E-state index >= 15 is 0 Å². The zero-order valence-corrected chi connectivity index (χ0v) is 11.1. The lowest BCUT2D eigenvalue weighted by molar-refractivity contribution is -0.384. The molecule has 0 radical (unpaired) electrons. The van der Waals surface area contributed by atoms with Gasteiger partial charge in [-0.1, -0.05) is 11.6 Å². The van der Waals surface area contributed by atoms with Gasteiger partial charge in [-0.2, -0.15) is 0 Å². The quantitative estimate of drug-likeness (QED) is 0.620. The third-order valence-electron chi connectivity index (χ3n) is 1.82. The van der Waals surface area contributed by atoms with Crippen LogP contribution in [0.5, 0.6) is 0 Å². The number of nitrogens with two attached hydrogens (primary N) is 1. The molecule has 1 aromatic heterocycles. The number of hydrogen-bond donors (Lipinski definition) is 2. The maximum Gasteiger partial charge on any atom is 0.300 e. The average Bonchev–Trinajstić information content (AvgIpc) is 2.60. The van der Waals surface area contributed by atoms with Crippen molar-refractivity contribution in [2.75, 3.05) is 6.54 Å². The fraction of sp³-hybridized carbons (Fsp3) is 0.429. The van der Waals surface area contributed by atoms with Crippen molar-refractivity contribution in [3.63, 3.8) is 0 Å². The molecule has 17 heavy (non-hydrogen) atoms. The molecule has 0 aromatic carbocycles. The molecule has 1 aromatic rings. The summed E-state index contributed by atoms with van der Waals surface area (Å²) in [6.07, 6.45) is 0. The van der Waals surface area contributed by atoms with Crippen LogP contribution in [0.2, 0.25) is 4.34 Å². The van der Waals surface area contributed by atoms with Crippen molar-refractivity contribution >= 4 is 38.6 Å². The molecule has 7 nitrogen and oxygen atoms in total. The van der Waals surface area contributed by atoms with E-state index in [0.717, 1.165) is 6.07 Å². The number of nitrogens with zero attached hydrogens (tertiary/aromatic N) is 1. The molecule has 1 heterocycles. The molecule has 10 heteroatoms. The molecule has 0 aliphatic heterocycles. The van der Waals surface area contributed by atoms with Crippen LogP contribution < -0.4 is 10.5 Å². The molecule has 0 saturated carbocycles. The Morgan fingerprint density at radius 3 is 2.71 bits per heavy atom. The van der Waals surface area contributed by atoms with Gasteiger partial charge in [0, 0.05) is 18.7 Å². The lowest BCUT2D eigenvalue weighted by Crippen LogP contribution is -2.37. The first-order valence-corrected chi connectivity index (χ1v) is 7.12. The van der Waals surface area contributed by atoms with Crippen molar-refractivity contribution in [2.24, 2.45) is 5.73 Å². The monoisotopic (exact) mass is 299 g/mol. The van der Waals surface area contributed by atoms with E-state index in [2.05, 4.69) is 4.72 Å². The summed E-state index contributed by atoms with van der Waals surface area (Å²) in [7, 11) is -3.81. The van der Waals surface area contributed by atoms with Gasteiger partial charge >= 0.3 is 0 Å². The van der Waals surface area contributed by atoms with Gasteiger partial charge in [0.1, 0.15) is 4.21 Å². The second-order valence-corrected chi connectivity index (χ2v) is 6.83. The molecule has 0 fully saturated rings. The molecule has 0 aliphatic carbocycles. The van der Waals surface area contributed by atoms with Gasteiger partial charge in [-0.05, 0) is 6.92 Å². The van der Waals surface area contributed by atoms with Gasteiger partial charge in [-0.25, -0.2) is 13.1 Å². The Hall–Kier alpha value is -0.740. The molecule has 3 N–H and O–H groups in total. The van der Waals surface area contributed by atoms with Crippen molar-refractivity contribution in [3.8, 4) is 0 Å². The van der Waals surface area contributed by atoms with Crippen LogP contribution in [0.1, 0.15) is 6.92 Å². The minimum Gasteiger partial charge on any atom is -0.329 e. The molecule has 0 saturated heterocycles. The zero-order chi connectivity index (χ0) is 13.2. The molecule has 0 spiro atoms. The number of rotatable bonds is 5.